The molecule has 1 nitrogen and oxygen atoms in total. The summed E-state index contributed by atoms with van der Waals surface area (Å²) in [6.07, 6.45) is 6.00. The van der Waals surface area contributed by atoms with Gasteiger partial charge in [0.1, 0.15) is 0 Å². The fourth-order valence-corrected chi connectivity index (χ4v) is 2.51. The number of hydrogen-bond donors (Lipinski definition) is 1. The molecule has 2 fully saturated rings. The normalized spacial score (nSPS) is 30.0. The Balaban J connectivity index is 1.90. The zero-order valence-corrected chi connectivity index (χ0v) is 7.69. The van der Waals surface area contributed by atoms with E-state index in [2.05, 4.69) is 19.2 Å². The summed E-state index contributed by atoms with van der Waals surface area (Å²) in [6, 6.07) is 0.778. The molecule has 1 N–H and O–H groups in total. The molecule has 0 radical (unpaired) electrons. The lowest BCUT2D eigenvalue weighted by atomic mass is 9.92. The van der Waals surface area contributed by atoms with Gasteiger partial charge in [0, 0.05) is 6.04 Å². The average Bonchev–Trinajstić information content (AvgIpc) is 2.83. The van der Waals surface area contributed by atoms with Crippen LogP contribution in [0.5, 0.6) is 0 Å². The zero-order valence-electron chi connectivity index (χ0n) is 7.69. The summed E-state index contributed by atoms with van der Waals surface area (Å²) in [5.41, 5.74) is 0.760. The Kier molecular flexibility index (Phi) is 1.71. The van der Waals surface area contributed by atoms with Gasteiger partial charge in [0.25, 0.3) is 0 Å². The van der Waals surface area contributed by atoms with Gasteiger partial charge in [0.15, 0.2) is 0 Å². The van der Waals surface area contributed by atoms with E-state index in [4.69, 9.17) is 0 Å². The minimum Gasteiger partial charge on any atom is -0.314 e. The number of hydrogen-bond acceptors (Lipinski definition) is 1. The van der Waals surface area contributed by atoms with E-state index in [1.807, 2.05) is 0 Å². The quantitative estimate of drug-likeness (QED) is 0.652. The lowest BCUT2D eigenvalue weighted by molar-refractivity contribution is 0.316. The molecule has 1 unspecified atom stereocenters. The van der Waals surface area contributed by atoms with Crippen LogP contribution >= 0.6 is 0 Å². The topological polar surface area (TPSA) is 12.0 Å². The third-order valence-electron chi connectivity index (χ3n) is 3.59. The molecule has 64 valence electrons. The van der Waals surface area contributed by atoms with E-state index < -0.39 is 0 Å². The Bertz CT molecular complexity index is 145. The lowest BCUT2D eigenvalue weighted by Gasteiger charge is -2.23. The van der Waals surface area contributed by atoms with Crippen LogP contribution in [0.2, 0.25) is 0 Å². The van der Waals surface area contributed by atoms with Gasteiger partial charge in [-0.1, -0.05) is 6.92 Å². The highest BCUT2D eigenvalue weighted by atomic mass is 14.9. The maximum Gasteiger partial charge on any atom is 0.00977 e. The van der Waals surface area contributed by atoms with Crippen molar-refractivity contribution in [1.29, 1.82) is 0 Å². The summed E-state index contributed by atoms with van der Waals surface area (Å²) in [7, 11) is 0. The first-order valence-electron chi connectivity index (χ1n) is 5.03. The standard InChI is InChI=1S/C10H19N/c1-3-11-8(2)10(6-7-10)9-4-5-9/h8-9,11H,3-7H2,1-2H3. The molecule has 1 heteroatoms. The largest absolute Gasteiger partial charge is 0.314 e. The van der Waals surface area contributed by atoms with Crippen LogP contribution in [-0.4, -0.2) is 12.6 Å². The number of nitrogens with one attached hydrogen (secondary N) is 1. The fourth-order valence-electron chi connectivity index (χ4n) is 2.51. The Morgan fingerprint density at radius 1 is 1.45 bits per heavy atom. The van der Waals surface area contributed by atoms with E-state index in [0.717, 1.165) is 23.9 Å². The van der Waals surface area contributed by atoms with Crippen molar-refractivity contribution in [1.82, 2.24) is 5.32 Å². The highest BCUT2D eigenvalue weighted by Crippen LogP contribution is 2.63. The second-order valence-electron chi connectivity index (χ2n) is 4.29. The predicted octanol–water partition coefficient (Wildman–Crippen LogP) is 2.17. The van der Waals surface area contributed by atoms with Gasteiger partial charge in [0.2, 0.25) is 0 Å². The van der Waals surface area contributed by atoms with Crippen molar-refractivity contribution < 1.29 is 0 Å². The van der Waals surface area contributed by atoms with Crippen molar-refractivity contribution in [2.75, 3.05) is 6.54 Å². The monoisotopic (exact) mass is 153 g/mol. The molecule has 0 aliphatic heterocycles. The molecular weight excluding hydrogens is 134 g/mol. The van der Waals surface area contributed by atoms with Crippen LogP contribution in [0.4, 0.5) is 0 Å². The molecular formula is C10H19N. The molecule has 11 heavy (non-hydrogen) atoms. The molecule has 0 heterocycles. The van der Waals surface area contributed by atoms with E-state index in [-0.39, 0.29) is 0 Å². The van der Waals surface area contributed by atoms with Crippen LogP contribution in [0.15, 0.2) is 0 Å². The Morgan fingerprint density at radius 2 is 2.09 bits per heavy atom. The van der Waals surface area contributed by atoms with Crippen molar-refractivity contribution >= 4 is 0 Å². The third kappa shape index (κ3) is 1.20. The van der Waals surface area contributed by atoms with Gasteiger partial charge in [-0.05, 0) is 50.5 Å². The first-order chi connectivity index (χ1) is 5.29. The van der Waals surface area contributed by atoms with Gasteiger partial charge >= 0.3 is 0 Å². The van der Waals surface area contributed by atoms with Gasteiger partial charge in [-0.2, -0.15) is 0 Å². The summed E-state index contributed by atoms with van der Waals surface area (Å²) in [6.45, 7) is 5.71. The average molecular weight is 153 g/mol. The molecule has 0 aromatic carbocycles. The molecule has 2 aliphatic carbocycles. The van der Waals surface area contributed by atoms with Crippen LogP contribution < -0.4 is 5.32 Å². The van der Waals surface area contributed by atoms with Crippen molar-refractivity contribution in [3.05, 3.63) is 0 Å². The summed E-state index contributed by atoms with van der Waals surface area (Å²) in [4.78, 5) is 0. The Hall–Kier alpha value is -0.0400. The van der Waals surface area contributed by atoms with Crippen molar-refractivity contribution in [2.24, 2.45) is 11.3 Å². The molecule has 0 saturated heterocycles. The third-order valence-corrected chi connectivity index (χ3v) is 3.59. The van der Waals surface area contributed by atoms with Gasteiger partial charge in [-0.15, -0.1) is 0 Å². The summed E-state index contributed by atoms with van der Waals surface area (Å²) in [5, 5.41) is 3.57. The van der Waals surface area contributed by atoms with Crippen LogP contribution in [-0.2, 0) is 0 Å². The molecule has 2 aliphatic rings. The molecule has 0 spiro atoms. The molecule has 0 aromatic rings. The van der Waals surface area contributed by atoms with Crippen molar-refractivity contribution in [3.63, 3.8) is 0 Å². The molecule has 0 aromatic heterocycles. The predicted molar refractivity (Wildman–Crippen MR) is 47.5 cm³/mol. The smallest absolute Gasteiger partial charge is 0.00977 e. The van der Waals surface area contributed by atoms with E-state index in [0.29, 0.717) is 0 Å². The zero-order chi connectivity index (χ0) is 7.90. The molecule has 0 amide bonds. The van der Waals surface area contributed by atoms with Gasteiger partial charge < -0.3 is 5.32 Å². The Labute approximate surface area is 69.6 Å². The molecule has 1 atom stereocenters. The van der Waals surface area contributed by atoms with Crippen LogP contribution in [0.1, 0.15) is 39.5 Å². The summed E-state index contributed by atoms with van der Waals surface area (Å²) >= 11 is 0. The van der Waals surface area contributed by atoms with E-state index in [1.165, 1.54) is 25.7 Å². The Morgan fingerprint density at radius 3 is 2.45 bits per heavy atom. The first-order valence-corrected chi connectivity index (χ1v) is 5.03. The van der Waals surface area contributed by atoms with E-state index in [9.17, 15) is 0 Å². The second kappa shape index (κ2) is 2.48. The van der Waals surface area contributed by atoms with E-state index >= 15 is 0 Å². The summed E-state index contributed by atoms with van der Waals surface area (Å²) < 4.78 is 0. The summed E-state index contributed by atoms with van der Waals surface area (Å²) in [5.74, 6) is 1.09. The minimum absolute atomic E-state index is 0.760. The highest BCUT2D eigenvalue weighted by Gasteiger charge is 2.56. The van der Waals surface area contributed by atoms with Crippen LogP contribution in [0.3, 0.4) is 0 Å². The highest BCUT2D eigenvalue weighted by molar-refractivity contribution is 5.08. The van der Waals surface area contributed by atoms with Crippen LogP contribution in [0.25, 0.3) is 0 Å². The SMILES string of the molecule is CCNC(C)C1(C2CC2)CC1. The first kappa shape index (κ1) is 7.60. The van der Waals surface area contributed by atoms with Gasteiger partial charge in [0.05, 0.1) is 0 Å². The van der Waals surface area contributed by atoms with Crippen molar-refractivity contribution in [3.8, 4) is 0 Å². The fraction of sp³-hybridized carbons (Fsp3) is 1.00. The van der Waals surface area contributed by atoms with Crippen molar-refractivity contribution in [2.45, 2.75) is 45.6 Å². The molecule has 2 rings (SSSR count). The maximum absolute atomic E-state index is 3.57. The van der Waals surface area contributed by atoms with Crippen LogP contribution in [0, 0.1) is 11.3 Å². The van der Waals surface area contributed by atoms with Gasteiger partial charge in [-0.3, -0.25) is 0 Å². The second-order valence-corrected chi connectivity index (χ2v) is 4.29. The van der Waals surface area contributed by atoms with E-state index in [1.54, 1.807) is 0 Å². The molecule has 2 saturated carbocycles. The minimum atomic E-state index is 0.760. The molecule has 0 bridgehead atoms. The lowest BCUT2D eigenvalue weighted by Crippen LogP contribution is -2.35. The maximum atomic E-state index is 3.57. The number of rotatable bonds is 4. The van der Waals surface area contributed by atoms with Gasteiger partial charge in [-0.25, -0.2) is 0 Å².